The van der Waals surface area contributed by atoms with Crippen LogP contribution in [0.5, 0.6) is 0 Å². The standard InChI is InChI=1S/C15H16FN3O2/c16-10-6-4-9(5-7-10)12-14(20)18-13(19-15(12)21)11-3-1-2-8-17-11/h4-7,11-12,17H,1-3,8H2,(H,18,19,20,21). The molecular formula is C15H16FN3O2. The van der Waals surface area contributed by atoms with Crippen LogP contribution in [0.2, 0.25) is 0 Å². The van der Waals surface area contributed by atoms with Crippen molar-refractivity contribution < 1.29 is 14.0 Å². The largest absolute Gasteiger partial charge is 0.312 e. The van der Waals surface area contributed by atoms with Crippen LogP contribution < -0.4 is 10.6 Å². The molecule has 0 bridgehead atoms. The second-order valence-corrected chi connectivity index (χ2v) is 5.31. The van der Waals surface area contributed by atoms with Crippen LogP contribution in [-0.2, 0) is 9.59 Å². The van der Waals surface area contributed by atoms with E-state index in [-0.39, 0.29) is 6.04 Å². The van der Waals surface area contributed by atoms with Crippen molar-refractivity contribution in [3.05, 3.63) is 35.6 Å². The third kappa shape index (κ3) is 2.85. The maximum absolute atomic E-state index is 12.9. The molecular weight excluding hydrogens is 273 g/mol. The molecule has 5 nitrogen and oxygen atoms in total. The van der Waals surface area contributed by atoms with Crippen LogP contribution in [0.15, 0.2) is 29.3 Å². The predicted molar refractivity (Wildman–Crippen MR) is 75.4 cm³/mol. The molecule has 2 amide bonds. The number of amides is 2. The summed E-state index contributed by atoms with van der Waals surface area (Å²) in [6, 6.07) is 5.28. The average molecular weight is 289 g/mol. The van der Waals surface area contributed by atoms with Crippen molar-refractivity contribution in [3.8, 4) is 0 Å². The molecule has 2 atom stereocenters. The SMILES string of the molecule is O=C1N=C(C2CCCCN2)NC(=O)C1c1ccc(F)cc1. The lowest BCUT2D eigenvalue weighted by atomic mass is 9.95. The van der Waals surface area contributed by atoms with Gasteiger partial charge < -0.3 is 10.6 Å². The van der Waals surface area contributed by atoms with Gasteiger partial charge in [-0.05, 0) is 37.1 Å². The summed E-state index contributed by atoms with van der Waals surface area (Å²) in [5.74, 6) is -1.88. The van der Waals surface area contributed by atoms with Crippen molar-refractivity contribution in [1.82, 2.24) is 10.6 Å². The van der Waals surface area contributed by atoms with Gasteiger partial charge in [-0.2, -0.15) is 4.99 Å². The fourth-order valence-corrected chi connectivity index (χ4v) is 2.72. The molecule has 0 aromatic heterocycles. The Morgan fingerprint density at radius 3 is 2.52 bits per heavy atom. The Labute approximate surface area is 121 Å². The van der Waals surface area contributed by atoms with E-state index >= 15 is 0 Å². The molecule has 1 aromatic rings. The van der Waals surface area contributed by atoms with E-state index in [1.54, 1.807) is 0 Å². The van der Waals surface area contributed by atoms with Crippen molar-refractivity contribution in [1.29, 1.82) is 0 Å². The minimum Gasteiger partial charge on any atom is -0.312 e. The molecule has 2 aliphatic rings. The second kappa shape index (κ2) is 5.73. The van der Waals surface area contributed by atoms with Gasteiger partial charge in [0, 0.05) is 0 Å². The van der Waals surface area contributed by atoms with Crippen molar-refractivity contribution in [2.75, 3.05) is 6.54 Å². The first-order valence-electron chi connectivity index (χ1n) is 7.07. The molecule has 0 radical (unpaired) electrons. The molecule has 2 heterocycles. The number of benzene rings is 1. The predicted octanol–water partition coefficient (Wildman–Crippen LogP) is 1.11. The number of carbonyl (C=O) groups excluding carboxylic acids is 2. The summed E-state index contributed by atoms with van der Waals surface area (Å²) in [7, 11) is 0. The van der Waals surface area contributed by atoms with Crippen molar-refractivity contribution in [2.45, 2.75) is 31.2 Å². The summed E-state index contributed by atoms with van der Waals surface area (Å²) in [6.07, 6.45) is 2.99. The third-order valence-electron chi connectivity index (χ3n) is 3.83. The molecule has 0 spiro atoms. The van der Waals surface area contributed by atoms with Crippen molar-refractivity contribution in [3.63, 3.8) is 0 Å². The number of amidine groups is 1. The smallest absolute Gasteiger partial charge is 0.264 e. The van der Waals surface area contributed by atoms with Gasteiger partial charge in [-0.15, -0.1) is 0 Å². The van der Waals surface area contributed by atoms with E-state index in [1.807, 2.05) is 0 Å². The number of piperidine rings is 1. The number of hydrogen-bond acceptors (Lipinski definition) is 3. The number of nitrogens with zero attached hydrogens (tertiary/aromatic N) is 1. The molecule has 0 saturated carbocycles. The Morgan fingerprint density at radius 1 is 1.14 bits per heavy atom. The summed E-state index contributed by atoms with van der Waals surface area (Å²) < 4.78 is 12.9. The average Bonchev–Trinajstić information content (AvgIpc) is 2.49. The van der Waals surface area contributed by atoms with Crippen molar-refractivity contribution in [2.24, 2.45) is 4.99 Å². The van der Waals surface area contributed by atoms with Crippen LogP contribution >= 0.6 is 0 Å². The van der Waals surface area contributed by atoms with Gasteiger partial charge in [0.25, 0.3) is 5.91 Å². The van der Waals surface area contributed by atoms with Crippen LogP contribution in [0.3, 0.4) is 0 Å². The summed E-state index contributed by atoms with van der Waals surface area (Å²) in [4.78, 5) is 28.4. The van der Waals surface area contributed by atoms with E-state index in [9.17, 15) is 14.0 Å². The first-order valence-corrected chi connectivity index (χ1v) is 7.07. The molecule has 1 saturated heterocycles. The van der Waals surface area contributed by atoms with E-state index < -0.39 is 23.5 Å². The molecule has 2 unspecified atom stereocenters. The van der Waals surface area contributed by atoms with Gasteiger partial charge in [0.1, 0.15) is 17.6 Å². The van der Waals surface area contributed by atoms with Crippen LogP contribution in [0.1, 0.15) is 30.7 Å². The molecule has 6 heteroatoms. The van der Waals surface area contributed by atoms with Crippen LogP contribution in [0.25, 0.3) is 0 Å². The third-order valence-corrected chi connectivity index (χ3v) is 3.83. The van der Waals surface area contributed by atoms with Gasteiger partial charge in [-0.25, -0.2) is 4.39 Å². The van der Waals surface area contributed by atoms with Crippen LogP contribution in [-0.4, -0.2) is 30.2 Å². The monoisotopic (exact) mass is 289 g/mol. The summed E-state index contributed by atoms with van der Waals surface area (Å²) >= 11 is 0. The fourth-order valence-electron chi connectivity index (χ4n) is 2.72. The summed E-state index contributed by atoms with van der Waals surface area (Å²) in [6.45, 7) is 0.856. The highest BCUT2D eigenvalue weighted by atomic mass is 19.1. The van der Waals surface area contributed by atoms with Gasteiger partial charge in [-0.1, -0.05) is 18.6 Å². The molecule has 110 valence electrons. The minimum atomic E-state index is -0.988. The Morgan fingerprint density at radius 2 is 1.90 bits per heavy atom. The first kappa shape index (κ1) is 13.9. The van der Waals surface area contributed by atoms with Gasteiger partial charge in [0.2, 0.25) is 5.91 Å². The zero-order valence-electron chi connectivity index (χ0n) is 11.4. The highest BCUT2D eigenvalue weighted by molar-refractivity contribution is 6.20. The molecule has 1 fully saturated rings. The molecule has 3 rings (SSSR count). The quantitative estimate of drug-likeness (QED) is 0.801. The number of aliphatic imine (C=N–C) groups is 1. The van der Waals surface area contributed by atoms with Gasteiger partial charge in [-0.3, -0.25) is 9.59 Å². The Hall–Kier alpha value is -2.08. The lowest BCUT2D eigenvalue weighted by Crippen LogP contribution is -2.53. The molecule has 2 N–H and O–H groups in total. The number of rotatable bonds is 2. The number of hydrogen-bond donors (Lipinski definition) is 2. The summed E-state index contributed by atoms with van der Waals surface area (Å²) in [5, 5.41) is 5.96. The topological polar surface area (TPSA) is 70.6 Å². The molecule has 1 aromatic carbocycles. The second-order valence-electron chi connectivity index (χ2n) is 5.31. The highest BCUT2D eigenvalue weighted by Crippen LogP contribution is 2.22. The zero-order chi connectivity index (χ0) is 14.8. The van der Waals surface area contributed by atoms with Crippen LogP contribution in [0, 0.1) is 5.82 Å². The lowest BCUT2D eigenvalue weighted by molar-refractivity contribution is -0.129. The van der Waals surface area contributed by atoms with Crippen LogP contribution in [0.4, 0.5) is 4.39 Å². The lowest BCUT2D eigenvalue weighted by Gasteiger charge is -2.28. The normalized spacial score (nSPS) is 26.2. The maximum atomic E-state index is 12.9. The molecule has 21 heavy (non-hydrogen) atoms. The molecule has 2 aliphatic heterocycles. The van der Waals surface area contributed by atoms with Gasteiger partial charge >= 0.3 is 0 Å². The van der Waals surface area contributed by atoms with Crippen molar-refractivity contribution >= 4 is 17.6 Å². The summed E-state index contributed by atoms with van der Waals surface area (Å²) in [5.41, 5.74) is 0.457. The first-order chi connectivity index (χ1) is 10.1. The van der Waals surface area contributed by atoms with E-state index in [1.165, 1.54) is 24.3 Å². The van der Waals surface area contributed by atoms with E-state index in [0.29, 0.717) is 11.4 Å². The Kier molecular flexibility index (Phi) is 3.79. The minimum absolute atomic E-state index is 0.0687. The van der Waals surface area contributed by atoms with E-state index in [2.05, 4.69) is 15.6 Å². The van der Waals surface area contributed by atoms with Gasteiger partial charge in [0.15, 0.2) is 0 Å². The maximum Gasteiger partial charge on any atom is 0.264 e. The zero-order valence-corrected chi connectivity index (χ0v) is 11.4. The number of halogens is 1. The fraction of sp³-hybridized carbons (Fsp3) is 0.400. The molecule has 0 aliphatic carbocycles. The van der Waals surface area contributed by atoms with E-state index in [4.69, 9.17) is 0 Å². The van der Waals surface area contributed by atoms with E-state index in [0.717, 1.165) is 25.8 Å². The Bertz CT molecular complexity index is 591. The number of nitrogens with one attached hydrogen (secondary N) is 2. The Balaban J connectivity index is 1.83. The number of carbonyl (C=O) groups is 2. The van der Waals surface area contributed by atoms with Gasteiger partial charge in [0.05, 0.1) is 6.04 Å². The highest BCUT2D eigenvalue weighted by Gasteiger charge is 2.35.